The van der Waals surface area contributed by atoms with E-state index < -0.39 is 0 Å². The zero-order valence-electron chi connectivity index (χ0n) is 11.0. The Bertz CT molecular complexity index is 543. The zero-order valence-corrected chi connectivity index (χ0v) is 11.0. The van der Waals surface area contributed by atoms with Gasteiger partial charge in [0, 0.05) is 18.0 Å². The van der Waals surface area contributed by atoms with Gasteiger partial charge >= 0.3 is 0 Å². The summed E-state index contributed by atoms with van der Waals surface area (Å²) in [6.07, 6.45) is 4.56. The highest BCUT2D eigenvalue weighted by Crippen LogP contribution is 2.25. The van der Waals surface area contributed by atoms with Crippen molar-refractivity contribution in [1.82, 2.24) is 15.3 Å². The Morgan fingerprint density at radius 2 is 2.11 bits per heavy atom. The maximum Gasteiger partial charge on any atom is 0.0937 e. The van der Waals surface area contributed by atoms with Crippen LogP contribution in [0.3, 0.4) is 0 Å². The van der Waals surface area contributed by atoms with E-state index in [1.54, 1.807) is 12.4 Å². The van der Waals surface area contributed by atoms with Gasteiger partial charge in [-0.1, -0.05) is 31.2 Å². The number of fused-ring (bicyclic) bond motifs is 1. The van der Waals surface area contributed by atoms with Crippen molar-refractivity contribution in [2.45, 2.75) is 26.3 Å². The van der Waals surface area contributed by atoms with Gasteiger partial charge in [0.15, 0.2) is 0 Å². The fourth-order valence-corrected chi connectivity index (χ4v) is 2.09. The van der Waals surface area contributed by atoms with Gasteiger partial charge in [-0.05, 0) is 26.0 Å². The summed E-state index contributed by atoms with van der Waals surface area (Å²) in [5.74, 6) is 0. The Morgan fingerprint density at radius 3 is 2.83 bits per heavy atom. The van der Waals surface area contributed by atoms with Crippen molar-refractivity contribution in [3.8, 4) is 0 Å². The molecule has 3 heteroatoms. The summed E-state index contributed by atoms with van der Waals surface area (Å²) in [6, 6.07) is 6.25. The summed E-state index contributed by atoms with van der Waals surface area (Å²) in [7, 11) is 0. The van der Waals surface area contributed by atoms with E-state index in [1.165, 1.54) is 0 Å². The first-order chi connectivity index (χ1) is 8.74. The molecule has 3 nitrogen and oxygen atoms in total. The molecule has 0 radical (unpaired) electrons. The number of hydrogen-bond donors (Lipinski definition) is 1. The van der Waals surface area contributed by atoms with E-state index in [0.29, 0.717) is 0 Å². The van der Waals surface area contributed by atoms with Gasteiger partial charge in [-0.2, -0.15) is 0 Å². The van der Waals surface area contributed by atoms with Crippen LogP contribution >= 0.6 is 0 Å². The second kappa shape index (κ2) is 5.74. The quantitative estimate of drug-likeness (QED) is 0.817. The molecule has 0 saturated heterocycles. The van der Waals surface area contributed by atoms with E-state index in [0.717, 1.165) is 35.1 Å². The first-order valence-corrected chi connectivity index (χ1v) is 6.32. The smallest absolute Gasteiger partial charge is 0.0937 e. The van der Waals surface area contributed by atoms with Crippen molar-refractivity contribution in [1.29, 1.82) is 0 Å². The monoisotopic (exact) mass is 241 g/mol. The third kappa shape index (κ3) is 2.57. The lowest BCUT2D eigenvalue weighted by molar-refractivity contribution is 0.593. The van der Waals surface area contributed by atoms with Gasteiger partial charge in [-0.25, -0.2) is 0 Å². The molecule has 2 aromatic rings. The molecule has 2 rings (SSSR count). The molecule has 0 aliphatic carbocycles. The third-order valence-corrected chi connectivity index (χ3v) is 2.93. The van der Waals surface area contributed by atoms with E-state index in [-0.39, 0.29) is 6.04 Å². The molecular weight excluding hydrogens is 222 g/mol. The lowest BCUT2D eigenvalue weighted by Gasteiger charge is -2.20. The topological polar surface area (TPSA) is 37.8 Å². The predicted octanol–water partition coefficient (Wildman–Crippen LogP) is 3.25. The van der Waals surface area contributed by atoms with Crippen LogP contribution in [0.2, 0.25) is 0 Å². The molecule has 0 aliphatic rings. The van der Waals surface area contributed by atoms with Gasteiger partial charge in [-0.15, -0.1) is 0 Å². The summed E-state index contributed by atoms with van der Waals surface area (Å²) in [6.45, 7) is 9.25. The summed E-state index contributed by atoms with van der Waals surface area (Å²) < 4.78 is 0. The Labute approximate surface area is 108 Å². The standard InChI is InChI=1S/C15H19N3/c1-4-8-17-14(11(2)3)12-6-5-7-13-15(12)18-10-9-16-13/h5-7,9-10,14,17H,2,4,8H2,1,3H3. The summed E-state index contributed by atoms with van der Waals surface area (Å²) >= 11 is 0. The number of aromatic nitrogens is 2. The molecule has 0 saturated carbocycles. The van der Waals surface area contributed by atoms with E-state index in [1.807, 2.05) is 19.1 Å². The zero-order chi connectivity index (χ0) is 13.0. The van der Waals surface area contributed by atoms with Crippen LogP contribution in [-0.2, 0) is 0 Å². The van der Waals surface area contributed by atoms with Gasteiger partial charge in [0.25, 0.3) is 0 Å². The van der Waals surface area contributed by atoms with Crippen LogP contribution in [0.15, 0.2) is 42.7 Å². The van der Waals surface area contributed by atoms with Crippen LogP contribution in [0.4, 0.5) is 0 Å². The van der Waals surface area contributed by atoms with Crippen molar-refractivity contribution in [2.24, 2.45) is 0 Å². The molecule has 0 bridgehead atoms. The van der Waals surface area contributed by atoms with Crippen molar-refractivity contribution >= 4 is 11.0 Å². The number of nitrogens with zero attached hydrogens (tertiary/aromatic N) is 2. The van der Waals surface area contributed by atoms with Gasteiger partial charge in [0.2, 0.25) is 0 Å². The maximum atomic E-state index is 4.45. The molecule has 1 atom stereocenters. The number of hydrogen-bond acceptors (Lipinski definition) is 3. The summed E-state index contributed by atoms with van der Waals surface area (Å²) in [4.78, 5) is 8.79. The van der Waals surface area contributed by atoms with Crippen LogP contribution < -0.4 is 5.32 Å². The minimum absolute atomic E-state index is 0.144. The Hall–Kier alpha value is -1.74. The SMILES string of the molecule is C=C(C)C(NCCC)c1cccc2nccnc12. The minimum atomic E-state index is 0.144. The highest BCUT2D eigenvalue weighted by Gasteiger charge is 2.15. The molecule has 1 unspecified atom stereocenters. The lowest BCUT2D eigenvalue weighted by atomic mass is 9.99. The molecule has 1 aromatic heterocycles. The second-order valence-electron chi connectivity index (χ2n) is 4.50. The van der Waals surface area contributed by atoms with Crippen molar-refractivity contribution < 1.29 is 0 Å². The lowest BCUT2D eigenvalue weighted by Crippen LogP contribution is -2.23. The Kier molecular flexibility index (Phi) is 4.05. The molecule has 0 spiro atoms. The average molecular weight is 241 g/mol. The normalized spacial score (nSPS) is 12.6. The molecular formula is C15H19N3. The van der Waals surface area contributed by atoms with Crippen molar-refractivity contribution in [3.05, 3.63) is 48.3 Å². The molecule has 0 fully saturated rings. The van der Waals surface area contributed by atoms with Gasteiger partial charge < -0.3 is 5.32 Å². The minimum Gasteiger partial charge on any atom is -0.306 e. The maximum absolute atomic E-state index is 4.45. The molecule has 94 valence electrons. The summed E-state index contributed by atoms with van der Waals surface area (Å²) in [5.41, 5.74) is 4.14. The number of rotatable bonds is 5. The second-order valence-corrected chi connectivity index (χ2v) is 4.50. The highest BCUT2D eigenvalue weighted by atomic mass is 14.9. The first kappa shape index (κ1) is 12.7. The number of nitrogens with one attached hydrogen (secondary N) is 1. The van der Waals surface area contributed by atoms with Gasteiger partial charge in [0.05, 0.1) is 17.1 Å². The van der Waals surface area contributed by atoms with E-state index in [4.69, 9.17) is 0 Å². The highest BCUT2D eigenvalue weighted by molar-refractivity contribution is 5.78. The van der Waals surface area contributed by atoms with E-state index >= 15 is 0 Å². The van der Waals surface area contributed by atoms with E-state index in [2.05, 4.69) is 34.9 Å². The van der Waals surface area contributed by atoms with Crippen molar-refractivity contribution in [3.63, 3.8) is 0 Å². The molecule has 1 heterocycles. The predicted molar refractivity (Wildman–Crippen MR) is 75.4 cm³/mol. The van der Waals surface area contributed by atoms with Crippen LogP contribution in [-0.4, -0.2) is 16.5 Å². The van der Waals surface area contributed by atoms with Crippen molar-refractivity contribution in [2.75, 3.05) is 6.54 Å². The summed E-state index contributed by atoms with van der Waals surface area (Å²) in [5, 5.41) is 3.51. The third-order valence-electron chi connectivity index (χ3n) is 2.93. The van der Waals surface area contributed by atoms with Gasteiger partial charge in [0.1, 0.15) is 0 Å². The molecule has 18 heavy (non-hydrogen) atoms. The molecule has 1 aromatic carbocycles. The van der Waals surface area contributed by atoms with Crippen LogP contribution in [0.1, 0.15) is 31.9 Å². The average Bonchev–Trinajstić information content (AvgIpc) is 2.39. The molecule has 1 N–H and O–H groups in total. The fraction of sp³-hybridized carbons (Fsp3) is 0.333. The first-order valence-electron chi connectivity index (χ1n) is 6.32. The van der Waals surface area contributed by atoms with Crippen LogP contribution in [0, 0.1) is 0 Å². The van der Waals surface area contributed by atoms with Crippen LogP contribution in [0.5, 0.6) is 0 Å². The Balaban J connectivity index is 2.46. The molecule has 0 aliphatic heterocycles. The Morgan fingerprint density at radius 1 is 1.33 bits per heavy atom. The van der Waals surface area contributed by atoms with E-state index in [9.17, 15) is 0 Å². The van der Waals surface area contributed by atoms with Gasteiger partial charge in [-0.3, -0.25) is 9.97 Å². The largest absolute Gasteiger partial charge is 0.306 e. The number of benzene rings is 1. The van der Waals surface area contributed by atoms with Crippen LogP contribution in [0.25, 0.3) is 11.0 Å². The fourth-order valence-electron chi connectivity index (χ4n) is 2.09. The molecule has 0 amide bonds. The number of para-hydroxylation sites is 1.